The van der Waals surface area contributed by atoms with Gasteiger partial charge in [0, 0.05) is 25.8 Å². The van der Waals surface area contributed by atoms with Gasteiger partial charge in [-0.15, -0.1) is 4.40 Å². The first-order chi connectivity index (χ1) is 9.82. The van der Waals surface area contributed by atoms with Gasteiger partial charge in [0.2, 0.25) is 0 Å². The molecule has 0 atom stereocenters. The van der Waals surface area contributed by atoms with Crippen molar-refractivity contribution in [3.05, 3.63) is 36.1 Å². The summed E-state index contributed by atoms with van der Waals surface area (Å²) in [6, 6.07) is 0. The van der Waals surface area contributed by atoms with Crippen molar-refractivity contribution in [2.24, 2.45) is 4.40 Å². The molecule has 6 nitrogen and oxygen atoms in total. The Morgan fingerprint density at radius 3 is 2.81 bits per heavy atom. The van der Waals surface area contributed by atoms with Gasteiger partial charge in [0.15, 0.2) is 0 Å². The summed E-state index contributed by atoms with van der Waals surface area (Å²) in [6.07, 6.45) is 4.84. The Morgan fingerprint density at radius 2 is 2.19 bits per heavy atom. The molecule has 0 saturated carbocycles. The number of amidine groups is 1. The number of fused-ring (bicyclic) bond motifs is 1. The number of rotatable bonds is 4. The second-order valence-electron chi connectivity index (χ2n) is 5.12. The molecule has 0 aromatic rings. The zero-order valence-electron chi connectivity index (χ0n) is 12.2. The zero-order chi connectivity index (χ0) is 15.6. The molecule has 0 bridgehead atoms. The number of carbonyl (C=O) groups excluding carboxylic acids is 1. The van der Waals surface area contributed by atoms with E-state index >= 15 is 0 Å². The summed E-state index contributed by atoms with van der Waals surface area (Å²) in [7, 11) is -3.37. The van der Waals surface area contributed by atoms with Crippen molar-refractivity contribution in [3.63, 3.8) is 0 Å². The van der Waals surface area contributed by atoms with Crippen molar-refractivity contribution >= 4 is 21.8 Å². The average Bonchev–Trinajstić information content (AvgIpc) is 2.42. The van der Waals surface area contributed by atoms with Crippen LogP contribution in [0.2, 0.25) is 0 Å². The first kappa shape index (κ1) is 15.5. The van der Waals surface area contributed by atoms with Crippen LogP contribution in [0.5, 0.6) is 0 Å². The maximum Gasteiger partial charge on any atom is 0.256 e. The quantitative estimate of drug-likeness (QED) is 0.724. The number of nitrogens with zero attached hydrogens (tertiary/aromatic N) is 3. The van der Waals surface area contributed by atoms with Crippen LogP contribution in [0, 0.1) is 0 Å². The molecule has 2 aliphatic rings. The molecular formula is C14H19N3O3S. The lowest BCUT2D eigenvalue weighted by atomic mass is 10.1. The molecule has 0 radical (unpaired) electrons. The highest BCUT2D eigenvalue weighted by atomic mass is 32.2. The lowest BCUT2D eigenvalue weighted by Crippen LogP contribution is -2.39. The van der Waals surface area contributed by atoms with Gasteiger partial charge in [0.25, 0.3) is 15.9 Å². The van der Waals surface area contributed by atoms with E-state index in [0.717, 1.165) is 5.57 Å². The van der Waals surface area contributed by atoms with Crippen LogP contribution >= 0.6 is 0 Å². The van der Waals surface area contributed by atoms with Crippen LogP contribution in [0.15, 0.2) is 40.5 Å². The van der Waals surface area contributed by atoms with Crippen LogP contribution in [-0.4, -0.2) is 55.3 Å². The smallest absolute Gasteiger partial charge is 0.256 e. The largest absolute Gasteiger partial charge is 0.335 e. The fourth-order valence-electron chi connectivity index (χ4n) is 2.16. The second-order valence-corrected chi connectivity index (χ2v) is 6.88. The van der Waals surface area contributed by atoms with Crippen molar-refractivity contribution in [1.29, 1.82) is 0 Å². The Kier molecular flexibility index (Phi) is 4.32. The minimum absolute atomic E-state index is 0.0361. The third kappa shape index (κ3) is 3.60. The van der Waals surface area contributed by atoms with Crippen molar-refractivity contribution < 1.29 is 13.2 Å². The van der Waals surface area contributed by atoms with Crippen LogP contribution in [0.3, 0.4) is 0 Å². The second kappa shape index (κ2) is 5.85. The maximum atomic E-state index is 12.4. The summed E-state index contributed by atoms with van der Waals surface area (Å²) in [5, 5.41) is 0. The first-order valence-electron chi connectivity index (χ1n) is 6.75. The molecule has 2 heterocycles. The van der Waals surface area contributed by atoms with E-state index in [0.29, 0.717) is 31.0 Å². The van der Waals surface area contributed by atoms with E-state index in [4.69, 9.17) is 0 Å². The molecule has 2 aliphatic heterocycles. The van der Waals surface area contributed by atoms with Crippen LogP contribution in [-0.2, 0) is 14.8 Å². The highest BCUT2D eigenvalue weighted by molar-refractivity contribution is 7.90. The van der Waals surface area contributed by atoms with E-state index in [-0.39, 0.29) is 11.7 Å². The Hall–Kier alpha value is -1.89. The predicted octanol–water partition coefficient (Wildman–Crippen LogP) is 0.909. The number of carbonyl (C=O) groups is 1. The van der Waals surface area contributed by atoms with Gasteiger partial charge in [-0.1, -0.05) is 12.2 Å². The minimum atomic E-state index is -3.37. The SMILES string of the molecule is C=C(C)CN(CC)C(=O)C1=CN2CCS(=O)(=O)N=C2C=C1. The van der Waals surface area contributed by atoms with Gasteiger partial charge in [-0.3, -0.25) is 4.79 Å². The van der Waals surface area contributed by atoms with E-state index in [1.54, 1.807) is 28.2 Å². The summed E-state index contributed by atoms with van der Waals surface area (Å²) >= 11 is 0. The standard InChI is InChI=1S/C14H19N3O3S/c1-4-16(9-11(2)3)14(18)12-5-6-13-15-21(19,20)8-7-17(13)10-12/h5-6,10H,2,4,7-9H2,1,3H3. The minimum Gasteiger partial charge on any atom is -0.335 e. The van der Waals surface area contributed by atoms with Gasteiger partial charge in [-0.05, 0) is 26.0 Å². The van der Waals surface area contributed by atoms with Gasteiger partial charge >= 0.3 is 0 Å². The van der Waals surface area contributed by atoms with Gasteiger partial charge < -0.3 is 9.80 Å². The van der Waals surface area contributed by atoms with E-state index in [1.807, 2.05) is 13.8 Å². The van der Waals surface area contributed by atoms with E-state index in [9.17, 15) is 13.2 Å². The highest BCUT2D eigenvalue weighted by Gasteiger charge is 2.26. The molecular weight excluding hydrogens is 290 g/mol. The molecule has 114 valence electrons. The summed E-state index contributed by atoms with van der Waals surface area (Å²) in [4.78, 5) is 15.8. The molecule has 1 amide bonds. The molecule has 0 unspecified atom stereocenters. The molecule has 0 aliphatic carbocycles. The van der Waals surface area contributed by atoms with Gasteiger partial charge in [0.1, 0.15) is 5.84 Å². The Balaban J connectivity index is 2.21. The van der Waals surface area contributed by atoms with E-state index in [1.165, 1.54) is 0 Å². The number of hydrogen-bond donors (Lipinski definition) is 0. The number of amides is 1. The third-order valence-electron chi connectivity index (χ3n) is 3.20. The molecule has 7 heteroatoms. The number of sulfonamides is 1. The molecule has 0 fully saturated rings. The van der Waals surface area contributed by atoms with Crippen LogP contribution in [0.4, 0.5) is 0 Å². The fourth-order valence-corrected chi connectivity index (χ4v) is 3.13. The Labute approximate surface area is 125 Å². The number of likely N-dealkylation sites (N-methyl/N-ethyl adjacent to an activating group) is 1. The van der Waals surface area contributed by atoms with Crippen LogP contribution < -0.4 is 0 Å². The Bertz CT molecular complexity index is 659. The highest BCUT2D eigenvalue weighted by Crippen LogP contribution is 2.17. The normalized spacial score (nSPS) is 19.4. The van der Waals surface area contributed by atoms with Crippen LogP contribution in [0.25, 0.3) is 0 Å². The van der Waals surface area contributed by atoms with Crippen molar-refractivity contribution in [2.45, 2.75) is 13.8 Å². The molecule has 0 spiro atoms. The molecule has 2 rings (SSSR count). The van der Waals surface area contributed by atoms with Crippen LogP contribution in [0.1, 0.15) is 13.8 Å². The van der Waals surface area contributed by atoms with Crippen molar-refractivity contribution in [1.82, 2.24) is 9.80 Å². The van der Waals surface area contributed by atoms with E-state index in [2.05, 4.69) is 11.0 Å². The third-order valence-corrected chi connectivity index (χ3v) is 4.36. The summed E-state index contributed by atoms with van der Waals surface area (Å²) < 4.78 is 26.6. The monoisotopic (exact) mass is 309 g/mol. The first-order valence-corrected chi connectivity index (χ1v) is 8.36. The maximum absolute atomic E-state index is 12.4. The lowest BCUT2D eigenvalue weighted by Gasteiger charge is -2.29. The fraction of sp³-hybridized carbons (Fsp3) is 0.429. The van der Waals surface area contributed by atoms with Gasteiger partial charge in [-0.25, -0.2) is 8.42 Å². The summed E-state index contributed by atoms with van der Waals surface area (Å²) in [6.45, 7) is 9.03. The summed E-state index contributed by atoms with van der Waals surface area (Å²) in [5.41, 5.74) is 1.44. The number of hydrogen-bond acceptors (Lipinski definition) is 4. The van der Waals surface area contributed by atoms with Gasteiger partial charge in [0.05, 0.1) is 11.3 Å². The summed E-state index contributed by atoms with van der Waals surface area (Å²) in [5.74, 6) is 0.232. The molecule has 0 N–H and O–H groups in total. The topological polar surface area (TPSA) is 70.1 Å². The average molecular weight is 309 g/mol. The van der Waals surface area contributed by atoms with E-state index < -0.39 is 10.0 Å². The molecule has 0 aromatic carbocycles. The van der Waals surface area contributed by atoms with Crippen molar-refractivity contribution in [3.8, 4) is 0 Å². The lowest BCUT2D eigenvalue weighted by molar-refractivity contribution is -0.126. The molecule has 0 aromatic heterocycles. The molecule has 0 saturated heterocycles. The van der Waals surface area contributed by atoms with Gasteiger partial charge in [-0.2, -0.15) is 0 Å². The zero-order valence-corrected chi connectivity index (χ0v) is 13.1. The Morgan fingerprint density at radius 1 is 1.48 bits per heavy atom. The molecule has 21 heavy (non-hydrogen) atoms. The van der Waals surface area contributed by atoms with Crippen molar-refractivity contribution in [2.75, 3.05) is 25.4 Å². The predicted molar refractivity (Wildman–Crippen MR) is 82.2 cm³/mol.